The molecule has 0 radical (unpaired) electrons. The minimum atomic E-state index is -0.427. The van der Waals surface area contributed by atoms with E-state index in [0.717, 1.165) is 24.5 Å². The third-order valence-corrected chi connectivity index (χ3v) is 2.49. The summed E-state index contributed by atoms with van der Waals surface area (Å²) >= 11 is 0. The van der Waals surface area contributed by atoms with Crippen molar-refractivity contribution in [3.63, 3.8) is 0 Å². The Balaban J connectivity index is 2.81. The maximum absolute atomic E-state index is 10.6. The summed E-state index contributed by atoms with van der Waals surface area (Å²) in [6.45, 7) is 3.58. The summed E-state index contributed by atoms with van der Waals surface area (Å²) in [4.78, 5) is 18.4. The predicted octanol–water partition coefficient (Wildman–Crippen LogP) is 1.30. The number of hydrogen-bond acceptors (Lipinski definition) is 5. The van der Waals surface area contributed by atoms with Gasteiger partial charge in [-0.25, -0.2) is 4.98 Å². The molecule has 6 nitrogen and oxygen atoms in total. The molecule has 0 aliphatic heterocycles. The molecular formula is C11H18N4O2. The van der Waals surface area contributed by atoms with Crippen molar-refractivity contribution in [3.8, 4) is 0 Å². The average Bonchev–Trinajstić information content (AvgIpc) is 2.25. The Morgan fingerprint density at radius 2 is 2.00 bits per heavy atom. The monoisotopic (exact) mass is 238 g/mol. The van der Waals surface area contributed by atoms with Gasteiger partial charge in [0.25, 0.3) is 5.69 Å². The van der Waals surface area contributed by atoms with Gasteiger partial charge in [0.15, 0.2) is 0 Å². The SMILES string of the molecule is Cc1cc([N+](=O)[O-])cnc1N(C)CCN(C)C. The second-order valence-electron chi connectivity index (χ2n) is 4.32. The number of rotatable bonds is 5. The molecule has 0 fully saturated rings. The smallest absolute Gasteiger partial charge is 0.287 e. The fraction of sp³-hybridized carbons (Fsp3) is 0.545. The van der Waals surface area contributed by atoms with Crippen molar-refractivity contribution < 1.29 is 4.92 Å². The van der Waals surface area contributed by atoms with E-state index in [4.69, 9.17) is 0 Å². The number of anilines is 1. The number of pyridine rings is 1. The first kappa shape index (κ1) is 13.4. The molecule has 1 aromatic rings. The van der Waals surface area contributed by atoms with Crippen LogP contribution in [-0.4, -0.2) is 49.0 Å². The molecule has 94 valence electrons. The summed E-state index contributed by atoms with van der Waals surface area (Å²) in [7, 11) is 5.94. The van der Waals surface area contributed by atoms with Gasteiger partial charge in [-0.1, -0.05) is 0 Å². The minimum absolute atomic E-state index is 0.0345. The predicted molar refractivity (Wildman–Crippen MR) is 67.5 cm³/mol. The van der Waals surface area contributed by atoms with Crippen LogP contribution in [0.25, 0.3) is 0 Å². The summed E-state index contributed by atoms with van der Waals surface area (Å²) < 4.78 is 0. The summed E-state index contributed by atoms with van der Waals surface area (Å²) in [5, 5.41) is 10.6. The number of hydrogen-bond donors (Lipinski definition) is 0. The lowest BCUT2D eigenvalue weighted by atomic mass is 10.2. The van der Waals surface area contributed by atoms with Crippen LogP contribution in [0.5, 0.6) is 0 Å². The van der Waals surface area contributed by atoms with Crippen molar-refractivity contribution in [1.82, 2.24) is 9.88 Å². The third-order valence-electron chi connectivity index (χ3n) is 2.49. The van der Waals surface area contributed by atoms with Gasteiger partial charge in [-0.3, -0.25) is 10.1 Å². The van der Waals surface area contributed by atoms with Crippen LogP contribution < -0.4 is 4.90 Å². The molecule has 0 saturated carbocycles. The zero-order valence-electron chi connectivity index (χ0n) is 10.7. The Labute approximate surface area is 101 Å². The Hall–Kier alpha value is -1.69. The number of aromatic nitrogens is 1. The summed E-state index contributed by atoms with van der Waals surface area (Å²) in [6.07, 6.45) is 1.30. The van der Waals surface area contributed by atoms with Gasteiger partial charge in [-0.05, 0) is 26.6 Å². The van der Waals surface area contributed by atoms with Crippen LogP contribution in [0.3, 0.4) is 0 Å². The lowest BCUT2D eigenvalue weighted by Gasteiger charge is -2.21. The summed E-state index contributed by atoms with van der Waals surface area (Å²) in [5.41, 5.74) is 0.854. The molecule has 0 spiro atoms. The van der Waals surface area contributed by atoms with E-state index in [1.807, 2.05) is 33.0 Å². The van der Waals surface area contributed by atoms with E-state index in [2.05, 4.69) is 9.88 Å². The van der Waals surface area contributed by atoms with E-state index in [1.54, 1.807) is 6.07 Å². The van der Waals surface area contributed by atoms with Crippen LogP contribution in [0, 0.1) is 17.0 Å². The second-order valence-corrected chi connectivity index (χ2v) is 4.32. The molecule has 0 amide bonds. The van der Waals surface area contributed by atoms with Crippen molar-refractivity contribution in [2.75, 3.05) is 39.1 Å². The lowest BCUT2D eigenvalue weighted by Crippen LogP contribution is -2.29. The second kappa shape index (κ2) is 5.58. The van der Waals surface area contributed by atoms with E-state index >= 15 is 0 Å². The van der Waals surface area contributed by atoms with Gasteiger partial charge in [0.2, 0.25) is 0 Å². The Morgan fingerprint density at radius 3 is 2.47 bits per heavy atom. The third kappa shape index (κ3) is 3.67. The molecule has 0 aromatic carbocycles. The molecule has 1 heterocycles. The largest absolute Gasteiger partial charge is 0.358 e. The molecule has 1 rings (SSSR count). The average molecular weight is 238 g/mol. The molecule has 0 saturated heterocycles. The molecule has 17 heavy (non-hydrogen) atoms. The van der Waals surface area contributed by atoms with Gasteiger partial charge in [-0.2, -0.15) is 0 Å². The fourth-order valence-corrected chi connectivity index (χ4v) is 1.51. The number of nitro groups is 1. The van der Waals surface area contributed by atoms with Crippen molar-refractivity contribution in [2.24, 2.45) is 0 Å². The summed E-state index contributed by atoms with van der Waals surface area (Å²) in [6, 6.07) is 1.55. The highest BCUT2D eigenvalue weighted by Gasteiger charge is 2.12. The highest BCUT2D eigenvalue weighted by molar-refractivity contribution is 5.49. The van der Waals surface area contributed by atoms with Crippen LogP contribution in [0.1, 0.15) is 5.56 Å². The quantitative estimate of drug-likeness (QED) is 0.571. The first-order chi connectivity index (χ1) is 7.91. The van der Waals surface area contributed by atoms with Gasteiger partial charge < -0.3 is 9.80 Å². The van der Waals surface area contributed by atoms with Gasteiger partial charge in [0, 0.05) is 26.2 Å². The van der Waals surface area contributed by atoms with Gasteiger partial charge in [0.05, 0.1) is 4.92 Å². The Kier molecular flexibility index (Phi) is 4.39. The Bertz CT molecular complexity index is 406. The van der Waals surface area contributed by atoms with E-state index in [1.165, 1.54) is 6.20 Å². The molecule has 0 bridgehead atoms. The van der Waals surface area contributed by atoms with E-state index in [9.17, 15) is 10.1 Å². The van der Waals surface area contributed by atoms with Crippen LogP contribution in [0.15, 0.2) is 12.3 Å². The minimum Gasteiger partial charge on any atom is -0.358 e. The maximum atomic E-state index is 10.6. The molecule has 1 aromatic heterocycles. The molecule has 0 atom stereocenters. The van der Waals surface area contributed by atoms with Crippen molar-refractivity contribution in [1.29, 1.82) is 0 Å². The molecule has 0 N–H and O–H groups in total. The standard InChI is InChI=1S/C11H18N4O2/c1-9-7-10(15(16)17)8-12-11(9)14(4)6-5-13(2)3/h7-8H,5-6H2,1-4H3. The van der Waals surface area contributed by atoms with Crippen LogP contribution in [0.4, 0.5) is 11.5 Å². The lowest BCUT2D eigenvalue weighted by molar-refractivity contribution is -0.385. The highest BCUT2D eigenvalue weighted by Crippen LogP contribution is 2.20. The normalized spacial score (nSPS) is 10.6. The highest BCUT2D eigenvalue weighted by atomic mass is 16.6. The molecular weight excluding hydrogens is 220 g/mol. The first-order valence-electron chi connectivity index (χ1n) is 5.38. The number of likely N-dealkylation sites (N-methyl/N-ethyl adjacent to an activating group) is 2. The van der Waals surface area contributed by atoms with Crippen LogP contribution in [-0.2, 0) is 0 Å². The zero-order chi connectivity index (χ0) is 13.0. The van der Waals surface area contributed by atoms with Crippen molar-refractivity contribution in [3.05, 3.63) is 27.9 Å². The molecule has 0 unspecified atom stereocenters. The van der Waals surface area contributed by atoms with Crippen LogP contribution in [0.2, 0.25) is 0 Å². The van der Waals surface area contributed by atoms with Crippen molar-refractivity contribution in [2.45, 2.75) is 6.92 Å². The number of nitrogens with zero attached hydrogens (tertiary/aromatic N) is 4. The topological polar surface area (TPSA) is 62.5 Å². The zero-order valence-corrected chi connectivity index (χ0v) is 10.7. The molecule has 6 heteroatoms. The fourth-order valence-electron chi connectivity index (χ4n) is 1.51. The van der Waals surface area contributed by atoms with Gasteiger partial charge >= 0.3 is 0 Å². The summed E-state index contributed by atoms with van der Waals surface area (Å²) in [5.74, 6) is 0.789. The molecule has 0 aliphatic carbocycles. The van der Waals surface area contributed by atoms with E-state index < -0.39 is 4.92 Å². The molecule has 0 aliphatic rings. The van der Waals surface area contributed by atoms with Gasteiger partial charge in [0.1, 0.15) is 12.0 Å². The van der Waals surface area contributed by atoms with Gasteiger partial charge in [-0.15, -0.1) is 0 Å². The van der Waals surface area contributed by atoms with Crippen molar-refractivity contribution >= 4 is 11.5 Å². The maximum Gasteiger partial charge on any atom is 0.287 e. The van der Waals surface area contributed by atoms with E-state index in [0.29, 0.717) is 0 Å². The number of aryl methyl sites for hydroxylation is 1. The van der Waals surface area contributed by atoms with E-state index in [-0.39, 0.29) is 5.69 Å². The Morgan fingerprint density at radius 1 is 1.35 bits per heavy atom. The first-order valence-corrected chi connectivity index (χ1v) is 5.38. The van der Waals surface area contributed by atoms with Crippen LogP contribution >= 0.6 is 0 Å².